The summed E-state index contributed by atoms with van der Waals surface area (Å²) in [4.78, 5) is 28.4. The number of nitrogens with zero attached hydrogens (tertiary/aromatic N) is 3. The minimum atomic E-state index is -1.67. The topological polar surface area (TPSA) is 87.5 Å². The number of halogens is 2. The number of para-hydroxylation sites is 1. The largest absolute Gasteiger partial charge is 0.393 e. The van der Waals surface area contributed by atoms with Gasteiger partial charge in [0, 0.05) is 31.3 Å². The Morgan fingerprint density at radius 2 is 1.75 bits per heavy atom. The number of aliphatic hydroxyl groups excluding tert-OH is 1. The highest BCUT2D eigenvalue weighted by Crippen LogP contribution is 2.29. The van der Waals surface area contributed by atoms with Crippen LogP contribution in [0.3, 0.4) is 0 Å². The molecule has 0 spiro atoms. The molecule has 2 aromatic carbocycles. The van der Waals surface area contributed by atoms with Gasteiger partial charge in [-0.3, -0.25) is 14.3 Å². The number of carbonyl (C=O) groups excluding carboxylic acids is 2. The van der Waals surface area contributed by atoms with Crippen LogP contribution in [0.4, 0.5) is 8.78 Å². The number of hydrogen-bond donors (Lipinski definition) is 2. The van der Waals surface area contributed by atoms with E-state index in [0.717, 1.165) is 11.1 Å². The van der Waals surface area contributed by atoms with Crippen LogP contribution in [0.15, 0.2) is 48.5 Å². The SMILES string of the molecule is CC(C)(C)C(NC(=O)c1nn(Cc2ccc(F)cc2)c2ccccc12)C(=O)N1CCC(F)(CO)CC1. The van der Waals surface area contributed by atoms with Crippen molar-refractivity contribution in [2.75, 3.05) is 19.7 Å². The maximum absolute atomic E-state index is 14.4. The molecule has 36 heavy (non-hydrogen) atoms. The molecule has 2 N–H and O–H groups in total. The molecule has 2 heterocycles. The predicted molar refractivity (Wildman–Crippen MR) is 133 cm³/mol. The van der Waals surface area contributed by atoms with Crippen LogP contribution in [0.25, 0.3) is 10.9 Å². The van der Waals surface area contributed by atoms with Gasteiger partial charge in [0.2, 0.25) is 5.91 Å². The summed E-state index contributed by atoms with van der Waals surface area (Å²) >= 11 is 0. The zero-order valence-corrected chi connectivity index (χ0v) is 20.8. The van der Waals surface area contributed by atoms with E-state index in [-0.39, 0.29) is 43.3 Å². The van der Waals surface area contributed by atoms with Crippen LogP contribution in [-0.2, 0) is 11.3 Å². The van der Waals surface area contributed by atoms with Crippen molar-refractivity contribution in [2.45, 2.75) is 51.9 Å². The van der Waals surface area contributed by atoms with Gasteiger partial charge in [0.1, 0.15) is 17.5 Å². The summed E-state index contributed by atoms with van der Waals surface area (Å²) in [6, 6.07) is 12.6. The summed E-state index contributed by atoms with van der Waals surface area (Å²) in [6.45, 7) is 5.71. The molecule has 1 saturated heterocycles. The Bertz CT molecular complexity index is 1240. The third-order valence-electron chi connectivity index (χ3n) is 6.76. The summed E-state index contributed by atoms with van der Waals surface area (Å²) in [5.74, 6) is -1.10. The first-order valence-corrected chi connectivity index (χ1v) is 12.1. The fourth-order valence-corrected chi connectivity index (χ4v) is 4.50. The number of piperidine rings is 1. The zero-order chi connectivity index (χ0) is 26.1. The number of nitrogens with one attached hydrogen (secondary N) is 1. The van der Waals surface area contributed by atoms with Gasteiger partial charge in [-0.1, -0.05) is 51.1 Å². The number of aliphatic hydroxyl groups is 1. The number of carbonyl (C=O) groups is 2. The van der Waals surface area contributed by atoms with E-state index >= 15 is 0 Å². The van der Waals surface area contributed by atoms with Crippen molar-refractivity contribution >= 4 is 22.7 Å². The first kappa shape index (κ1) is 25.8. The Morgan fingerprint density at radius 1 is 1.11 bits per heavy atom. The first-order valence-electron chi connectivity index (χ1n) is 12.1. The van der Waals surface area contributed by atoms with Crippen LogP contribution < -0.4 is 5.32 Å². The summed E-state index contributed by atoms with van der Waals surface area (Å²) in [6.07, 6.45) is 0.108. The van der Waals surface area contributed by atoms with E-state index in [4.69, 9.17) is 0 Å². The van der Waals surface area contributed by atoms with Crippen LogP contribution >= 0.6 is 0 Å². The lowest BCUT2D eigenvalue weighted by Crippen LogP contribution is -2.57. The van der Waals surface area contributed by atoms with Crippen molar-refractivity contribution in [1.82, 2.24) is 20.0 Å². The molecule has 0 aliphatic carbocycles. The number of rotatable bonds is 6. The Hall–Kier alpha value is -3.33. The number of hydrogen-bond acceptors (Lipinski definition) is 4. The van der Waals surface area contributed by atoms with Gasteiger partial charge in [-0.2, -0.15) is 5.10 Å². The van der Waals surface area contributed by atoms with Crippen LogP contribution in [0.1, 0.15) is 49.7 Å². The lowest BCUT2D eigenvalue weighted by molar-refractivity contribution is -0.139. The second kappa shape index (κ2) is 9.97. The van der Waals surface area contributed by atoms with Crippen molar-refractivity contribution in [3.8, 4) is 0 Å². The summed E-state index contributed by atoms with van der Waals surface area (Å²) in [5, 5.41) is 17.4. The van der Waals surface area contributed by atoms with Crippen LogP contribution in [-0.4, -0.2) is 63.0 Å². The lowest BCUT2D eigenvalue weighted by Gasteiger charge is -2.39. The predicted octanol–water partition coefficient (Wildman–Crippen LogP) is 3.69. The number of alkyl halides is 1. The van der Waals surface area contributed by atoms with E-state index in [1.165, 1.54) is 12.1 Å². The molecular weight excluding hydrogens is 466 g/mol. The van der Waals surface area contributed by atoms with E-state index in [1.54, 1.807) is 27.8 Å². The van der Waals surface area contributed by atoms with E-state index < -0.39 is 29.6 Å². The third kappa shape index (κ3) is 5.41. The maximum Gasteiger partial charge on any atom is 0.273 e. The summed E-state index contributed by atoms with van der Waals surface area (Å²) in [5.41, 5.74) is -0.522. The smallest absolute Gasteiger partial charge is 0.273 e. The lowest BCUT2D eigenvalue weighted by atomic mass is 9.84. The highest BCUT2D eigenvalue weighted by atomic mass is 19.1. The van der Waals surface area contributed by atoms with Gasteiger partial charge in [0.25, 0.3) is 5.91 Å². The molecule has 9 heteroatoms. The van der Waals surface area contributed by atoms with E-state index in [1.807, 2.05) is 39.0 Å². The minimum absolute atomic E-state index is 0.0540. The Labute approximate surface area is 209 Å². The first-order chi connectivity index (χ1) is 17.0. The van der Waals surface area contributed by atoms with Crippen molar-refractivity contribution in [1.29, 1.82) is 0 Å². The Balaban J connectivity index is 1.58. The van der Waals surface area contributed by atoms with E-state index in [9.17, 15) is 23.5 Å². The molecule has 0 radical (unpaired) electrons. The second-order valence-corrected chi connectivity index (χ2v) is 10.6. The molecule has 1 fully saturated rings. The highest BCUT2D eigenvalue weighted by Gasteiger charge is 2.41. The van der Waals surface area contributed by atoms with E-state index in [2.05, 4.69) is 10.4 Å². The van der Waals surface area contributed by atoms with Crippen LogP contribution in [0, 0.1) is 11.2 Å². The maximum atomic E-state index is 14.4. The van der Waals surface area contributed by atoms with Gasteiger partial charge in [-0.15, -0.1) is 0 Å². The zero-order valence-electron chi connectivity index (χ0n) is 20.8. The average molecular weight is 499 g/mol. The monoisotopic (exact) mass is 498 g/mol. The van der Waals surface area contributed by atoms with Crippen molar-refractivity contribution in [3.63, 3.8) is 0 Å². The number of benzene rings is 2. The Morgan fingerprint density at radius 3 is 2.36 bits per heavy atom. The molecule has 1 aliphatic heterocycles. The molecule has 0 saturated carbocycles. The fourth-order valence-electron chi connectivity index (χ4n) is 4.50. The summed E-state index contributed by atoms with van der Waals surface area (Å²) < 4.78 is 29.5. The average Bonchev–Trinajstić information content (AvgIpc) is 3.22. The van der Waals surface area contributed by atoms with Gasteiger partial charge in [-0.05, 0) is 29.2 Å². The number of fused-ring (bicyclic) bond motifs is 1. The Kier molecular flexibility index (Phi) is 7.13. The van der Waals surface area contributed by atoms with Crippen molar-refractivity contribution in [3.05, 3.63) is 65.6 Å². The van der Waals surface area contributed by atoms with Crippen LogP contribution in [0.5, 0.6) is 0 Å². The molecular formula is C27H32F2N4O3. The highest BCUT2D eigenvalue weighted by molar-refractivity contribution is 6.06. The molecule has 2 amide bonds. The fraction of sp³-hybridized carbons (Fsp3) is 0.444. The molecule has 1 aliphatic rings. The van der Waals surface area contributed by atoms with Gasteiger partial charge in [-0.25, -0.2) is 8.78 Å². The number of aromatic nitrogens is 2. The van der Waals surface area contributed by atoms with Gasteiger partial charge < -0.3 is 15.3 Å². The third-order valence-corrected chi connectivity index (χ3v) is 6.76. The molecule has 1 aromatic heterocycles. The summed E-state index contributed by atoms with van der Waals surface area (Å²) in [7, 11) is 0. The number of likely N-dealkylation sites (tertiary alicyclic amines) is 1. The van der Waals surface area contributed by atoms with E-state index in [0.29, 0.717) is 11.9 Å². The van der Waals surface area contributed by atoms with Gasteiger partial charge in [0.05, 0.1) is 18.7 Å². The van der Waals surface area contributed by atoms with Crippen LogP contribution in [0.2, 0.25) is 0 Å². The molecule has 4 rings (SSSR count). The molecule has 192 valence electrons. The van der Waals surface area contributed by atoms with Crippen molar-refractivity contribution < 1.29 is 23.5 Å². The normalized spacial score (nSPS) is 16.7. The minimum Gasteiger partial charge on any atom is -0.393 e. The van der Waals surface area contributed by atoms with Gasteiger partial charge >= 0.3 is 0 Å². The number of amides is 2. The quantitative estimate of drug-likeness (QED) is 0.543. The standard InChI is InChI=1S/C27H32F2N4O3/c1-26(2,3)23(25(36)32-14-12-27(29,17-34)13-15-32)30-24(35)22-20-6-4-5-7-21(20)33(31-22)16-18-8-10-19(28)11-9-18/h4-11,23,34H,12-17H2,1-3H3,(H,30,35). The van der Waals surface area contributed by atoms with Gasteiger partial charge in [0.15, 0.2) is 5.69 Å². The second-order valence-electron chi connectivity index (χ2n) is 10.6. The van der Waals surface area contributed by atoms with Crippen molar-refractivity contribution in [2.24, 2.45) is 5.41 Å². The molecule has 1 atom stereocenters. The molecule has 3 aromatic rings. The molecule has 1 unspecified atom stereocenters. The molecule has 0 bridgehead atoms. The molecule has 7 nitrogen and oxygen atoms in total.